The molecule has 3 atom stereocenters. The van der Waals surface area contributed by atoms with Crippen LogP contribution in [0.2, 0.25) is 0 Å². The van der Waals surface area contributed by atoms with Crippen LogP contribution in [-0.2, 0) is 16.0 Å². The number of nitrogens with zero attached hydrogens (tertiary/aromatic N) is 1. The van der Waals surface area contributed by atoms with Crippen LogP contribution < -0.4 is 9.64 Å². The molecule has 0 aliphatic carbocycles. The summed E-state index contributed by atoms with van der Waals surface area (Å²) >= 11 is 0. The first-order valence-electron chi connectivity index (χ1n) is 11.7. The Kier molecular flexibility index (Phi) is 6.24. The zero-order chi connectivity index (χ0) is 24.5. The maximum atomic E-state index is 13.6. The van der Waals surface area contributed by atoms with E-state index in [0.717, 1.165) is 29.5 Å². The second-order valence-electron chi connectivity index (χ2n) is 9.13. The van der Waals surface area contributed by atoms with Crippen molar-refractivity contribution in [1.82, 2.24) is 0 Å². The van der Waals surface area contributed by atoms with Gasteiger partial charge >= 0.3 is 5.97 Å². The fraction of sp³-hybridized carbons (Fsp3) is 0.286. The summed E-state index contributed by atoms with van der Waals surface area (Å²) in [6, 6.07) is 17.6. The lowest BCUT2D eigenvalue weighted by Crippen LogP contribution is -2.55. The van der Waals surface area contributed by atoms with Crippen LogP contribution in [0.25, 0.3) is 0 Å². The smallest absolute Gasteiger partial charge is 0.304 e. The third-order valence-corrected chi connectivity index (χ3v) is 6.90. The minimum Gasteiger partial charge on any atom is -0.492 e. The van der Waals surface area contributed by atoms with Gasteiger partial charge in [0, 0.05) is 22.7 Å². The lowest BCUT2D eigenvalue weighted by Gasteiger charge is -2.48. The highest BCUT2D eigenvalue weighted by atomic mass is 19.1. The minimum absolute atomic E-state index is 0.0250. The third-order valence-electron chi connectivity index (χ3n) is 6.90. The summed E-state index contributed by atoms with van der Waals surface area (Å²) in [6.45, 7) is 0.283. The van der Waals surface area contributed by atoms with Crippen molar-refractivity contribution in [2.75, 3.05) is 11.5 Å². The van der Waals surface area contributed by atoms with E-state index in [9.17, 15) is 23.5 Å². The number of rotatable bonds is 8. The number of anilines is 1. The molecule has 5 rings (SSSR count). The van der Waals surface area contributed by atoms with Gasteiger partial charge in [0.05, 0.1) is 25.0 Å². The van der Waals surface area contributed by atoms with Gasteiger partial charge in [-0.05, 0) is 61.2 Å². The highest BCUT2D eigenvalue weighted by Crippen LogP contribution is 2.51. The summed E-state index contributed by atoms with van der Waals surface area (Å²) in [7, 11) is 0. The third kappa shape index (κ3) is 4.50. The van der Waals surface area contributed by atoms with E-state index in [4.69, 9.17) is 4.74 Å². The maximum absolute atomic E-state index is 13.6. The molecule has 1 amide bonds. The molecule has 3 unspecified atom stereocenters. The van der Waals surface area contributed by atoms with Gasteiger partial charge in [0.15, 0.2) is 0 Å². The molecule has 0 aromatic heterocycles. The van der Waals surface area contributed by atoms with Gasteiger partial charge in [-0.25, -0.2) is 8.78 Å². The maximum Gasteiger partial charge on any atom is 0.304 e. The molecule has 5 nitrogen and oxygen atoms in total. The van der Waals surface area contributed by atoms with Crippen LogP contribution in [0.4, 0.5) is 14.5 Å². The highest BCUT2D eigenvalue weighted by Gasteiger charge is 2.50. The number of aliphatic carboxylic acids is 1. The minimum atomic E-state index is -0.887. The molecule has 0 saturated carbocycles. The Labute approximate surface area is 202 Å². The molecule has 1 saturated heterocycles. The SMILES string of the molecule is O=C(O)CC1COc2c1cccc2C1C(CCCc2ccc(F)cc2)C(=O)N1c1ccc(F)cc1. The monoisotopic (exact) mass is 477 g/mol. The van der Waals surface area contributed by atoms with E-state index in [1.165, 1.54) is 24.3 Å². The number of carbonyl (C=O) groups is 2. The van der Waals surface area contributed by atoms with Crippen LogP contribution in [0.3, 0.4) is 0 Å². The van der Waals surface area contributed by atoms with Crippen LogP contribution in [0, 0.1) is 17.6 Å². The van der Waals surface area contributed by atoms with Crippen molar-refractivity contribution >= 4 is 17.6 Å². The van der Waals surface area contributed by atoms with Gasteiger partial charge in [0.1, 0.15) is 17.4 Å². The van der Waals surface area contributed by atoms with E-state index in [1.807, 2.05) is 18.2 Å². The molecule has 180 valence electrons. The van der Waals surface area contributed by atoms with Crippen molar-refractivity contribution in [2.45, 2.75) is 37.6 Å². The Morgan fingerprint density at radius 3 is 2.31 bits per heavy atom. The average molecular weight is 478 g/mol. The number of benzene rings is 3. The molecule has 3 aromatic carbocycles. The number of amides is 1. The first-order chi connectivity index (χ1) is 16.9. The zero-order valence-corrected chi connectivity index (χ0v) is 19.0. The van der Waals surface area contributed by atoms with Crippen LogP contribution in [-0.4, -0.2) is 23.6 Å². The Bertz CT molecular complexity index is 1240. The quantitative estimate of drug-likeness (QED) is 0.426. The van der Waals surface area contributed by atoms with Crippen molar-refractivity contribution in [1.29, 1.82) is 0 Å². The summed E-state index contributed by atoms with van der Waals surface area (Å²) in [5.74, 6) is -1.48. The molecule has 0 bridgehead atoms. The van der Waals surface area contributed by atoms with E-state index in [0.29, 0.717) is 17.9 Å². The number of carboxylic acids is 1. The molecule has 1 N–H and O–H groups in total. The molecular weight excluding hydrogens is 452 g/mol. The predicted octanol–water partition coefficient (Wildman–Crippen LogP) is 5.64. The second-order valence-corrected chi connectivity index (χ2v) is 9.13. The average Bonchev–Trinajstić information content (AvgIpc) is 3.25. The van der Waals surface area contributed by atoms with Crippen molar-refractivity contribution < 1.29 is 28.2 Å². The van der Waals surface area contributed by atoms with Crippen molar-refractivity contribution in [3.8, 4) is 5.75 Å². The van der Waals surface area contributed by atoms with Gasteiger partial charge in [-0.15, -0.1) is 0 Å². The molecule has 3 aromatic rings. The molecule has 7 heteroatoms. The topological polar surface area (TPSA) is 66.8 Å². The number of β-lactam (4-membered cyclic amide) rings is 1. The first-order valence-corrected chi connectivity index (χ1v) is 11.7. The number of fused-ring (bicyclic) bond motifs is 1. The summed E-state index contributed by atoms with van der Waals surface area (Å²) in [5, 5.41) is 9.27. The van der Waals surface area contributed by atoms with Gasteiger partial charge in [0.25, 0.3) is 0 Å². The van der Waals surface area contributed by atoms with Gasteiger partial charge in [0.2, 0.25) is 5.91 Å². The lowest BCUT2D eigenvalue weighted by molar-refractivity contribution is -0.137. The number of hydrogen-bond donors (Lipinski definition) is 1. The molecule has 35 heavy (non-hydrogen) atoms. The van der Waals surface area contributed by atoms with Gasteiger partial charge in [-0.3, -0.25) is 9.59 Å². The Balaban J connectivity index is 1.42. The number of carboxylic acid groups (broad SMARTS) is 1. The molecule has 2 heterocycles. The van der Waals surface area contributed by atoms with Crippen LogP contribution in [0.15, 0.2) is 66.7 Å². The van der Waals surface area contributed by atoms with E-state index < -0.39 is 5.97 Å². The van der Waals surface area contributed by atoms with Gasteiger partial charge < -0.3 is 14.7 Å². The van der Waals surface area contributed by atoms with Crippen molar-refractivity contribution in [3.05, 3.63) is 95.1 Å². The van der Waals surface area contributed by atoms with Crippen molar-refractivity contribution in [3.63, 3.8) is 0 Å². The summed E-state index contributed by atoms with van der Waals surface area (Å²) in [5.41, 5.74) is 3.29. The number of para-hydroxylation sites is 1. The molecule has 2 aliphatic rings. The van der Waals surface area contributed by atoms with E-state index in [1.54, 1.807) is 29.2 Å². The van der Waals surface area contributed by atoms with Crippen LogP contribution >= 0.6 is 0 Å². The van der Waals surface area contributed by atoms with Crippen molar-refractivity contribution in [2.24, 2.45) is 5.92 Å². The molecular formula is C28H25F2NO4. The van der Waals surface area contributed by atoms with E-state index >= 15 is 0 Å². The van der Waals surface area contributed by atoms with E-state index in [2.05, 4.69) is 0 Å². The number of halogens is 2. The van der Waals surface area contributed by atoms with Gasteiger partial charge in [-0.1, -0.05) is 30.3 Å². The lowest BCUT2D eigenvalue weighted by atomic mass is 9.77. The number of carbonyl (C=O) groups excluding carboxylic acids is 1. The number of ether oxygens (including phenoxy) is 1. The van der Waals surface area contributed by atoms with Crippen LogP contribution in [0.5, 0.6) is 5.75 Å². The highest BCUT2D eigenvalue weighted by molar-refractivity contribution is 6.03. The van der Waals surface area contributed by atoms with E-state index in [-0.39, 0.29) is 48.4 Å². The largest absolute Gasteiger partial charge is 0.492 e. The standard InChI is InChI=1S/C28H25F2NO4/c29-19-9-7-17(8-10-19)3-1-6-24-26(31(28(24)34)21-13-11-20(30)12-14-21)23-5-2-4-22-18(15-25(32)33)16-35-27(22)23/h2,4-5,7-14,18,24,26H,1,3,6,15-16H2,(H,32,33). The summed E-state index contributed by atoms with van der Waals surface area (Å²) in [4.78, 5) is 26.3. The molecule has 0 radical (unpaired) electrons. The molecule has 1 fully saturated rings. The first kappa shape index (κ1) is 23.0. The number of hydrogen-bond acceptors (Lipinski definition) is 3. The Morgan fingerprint density at radius 1 is 0.971 bits per heavy atom. The fourth-order valence-corrected chi connectivity index (χ4v) is 5.20. The molecule has 2 aliphatic heterocycles. The Hall–Kier alpha value is -3.74. The predicted molar refractivity (Wildman–Crippen MR) is 126 cm³/mol. The fourth-order valence-electron chi connectivity index (χ4n) is 5.20. The zero-order valence-electron chi connectivity index (χ0n) is 19.0. The number of aryl methyl sites for hydroxylation is 1. The summed E-state index contributed by atoms with van der Waals surface area (Å²) < 4.78 is 32.7. The normalized spacial score (nSPS) is 20.8. The summed E-state index contributed by atoms with van der Waals surface area (Å²) in [6.07, 6.45) is 2.06. The molecule has 0 spiro atoms. The Morgan fingerprint density at radius 2 is 1.63 bits per heavy atom. The second kappa shape index (κ2) is 9.49. The van der Waals surface area contributed by atoms with Crippen LogP contribution in [0.1, 0.15) is 47.9 Å². The van der Waals surface area contributed by atoms with Gasteiger partial charge in [-0.2, -0.15) is 0 Å².